The Morgan fingerprint density at radius 2 is 2.05 bits per heavy atom. The van der Waals surface area contributed by atoms with Crippen LogP contribution in [-0.2, 0) is 6.54 Å². The smallest absolute Gasteiger partial charge is 0.318 e. The van der Waals surface area contributed by atoms with Gasteiger partial charge in [0.2, 0.25) is 0 Å². The van der Waals surface area contributed by atoms with Crippen LogP contribution in [0.1, 0.15) is 16.1 Å². The molecule has 1 aromatic carbocycles. The minimum atomic E-state index is -0.370. The highest BCUT2D eigenvalue weighted by Crippen LogP contribution is 2.07. The first-order valence-corrected chi connectivity index (χ1v) is 6.36. The Kier molecular flexibility index (Phi) is 3.38. The molecule has 0 aliphatic heterocycles. The topological polar surface area (TPSA) is 95.6 Å². The van der Waals surface area contributed by atoms with Crippen LogP contribution < -0.4 is 11.0 Å². The maximum absolute atomic E-state index is 12.2. The minimum absolute atomic E-state index is 0.269. The summed E-state index contributed by atoms with van der Waals surface area (Å²) >= 11 is 0. The van der Waals surface area contributed by atoms with E-state index in [9.17, 15) is 9.59 Å². The average Bonchev–Trinajstić information content (AvgIpc) is 3.11. The van der Waals surface area contributed by atoms with Gasteiger partial charge in [-0.05, 0) is 5.56 Å². The van der Waals surface area contributed by atoms with Crippen LogP contribution >= 0.6 is 0 Å². The van der Waals surface area contributed by atoms with Gasteiger partial charge in [0.05, 0.1) is 18.4 Å². The molecule has 3 N–H and O–H groups in total. The number of imidazole rings is 1. The second kappa shape index (κ2) is 5.49. The van der Waals surface area contributed by atoms with E-state index in [1.54, 1.807) is 6.20 Å². The summed E-state index contributed by atoms with van der Waals surface area (Å²) in [5, 5.41) is 9.02. The fraction of sp³-hybridized carbons (Fsp3) is 0.0714. The SMILES string of the molecule is O=C(Nc1cn[nH]c1)c1c[nH]c(=O)n1Cc1ccccc1. The molecule has 0 saturated heterocycles. The summed E-state index contributed by atoms with van der Waals surface area (Å²) in [7, 11) is 0. The van der Waals surface area contributed by atoms with Gasteiger partial charge >= 0.3 is 5.69 Å². The zero-order valence-corrected chi connectivity index (χ0v) is 11.0. The van der Waals surface area contributed by atoms with Crippen molar-refractivity contribution in [3.05, 3.63) is 70.7 Å². The lowest BCUT2D eigenvalue weighted by Gasteiger charge is -2.07. The van der Waals surface area contributed by atoms with Gasteiger partial charge in [-0.3, -0.25) is 14.5 Å². The van der Waals surface area contributed by atoms with Gasteiger partial charge in [0, 0.05) is 12.4 Å². The number of hydrogen-bond acceptors (Lipinski definition) is 3. The van der Waals surface area contributed by atoms with Crippen molar-refractivity contribution in [3.63, 3.8) is 0 Å². The van der Waals surface area contributed by atoms with E-state index in [-0.39, 0.29) is 17.3 Å². The number of rotatable bonds is 4. The Balaban J connectivity index is 1.86. The van der Waals surface area contributed by atoms with Crippen molar-refractivity contribution < 1.29 is 4.79 Å². The molecule has 0 spiro atoms. The van der Waals surface area contributed by atoms with Gasteiger partial charge in [-0.15, -0.1) is 0 Å². The Morgan fingerprint density at radius 3 is 2.76 bits per heavy atom. The number of hydrogen-bond donors (Lipinski definition) is 3. The standard InChI is InChI=1S/C14H13N5O2/c20-13(18-11-6-16-17-7-11)12-8-15-14(21)19(12)9-10-4-2-1-3-5-10/h1-8H,9H2,(H,15,21)(H,16,17)(H,18,20). The second-order valence-corrected chi connectivity index (χ2v) is 4.49. The molecule has 21 heavy (non-hydrogen) atoms. The fourth-order valence-electron chi connectivity index (χ4n) is 2.02. The van der Waals surface area contributed by atoms with Crippen molar-refractivity contribution in [3.8, 4) is 0 Å². The van der Waals surface area contributed by atoms with Crippen molar-refractivity contribution in [1.82, 2.24) is 19.7 Å². The summed E-state index contributed by atoms with van der Waals surface area (Å²) in [5.74, 6) is -0.370. The van der Waals surface area contributed by atoms with Gasteiger partial charge in [0.25, 0.3) is 5.91 Å². The van der Waals surface area contributed by atoms with E-state index in [2.05, 4.69) is 20.5 Å². The normalized spacial score (nSPS) is 10.5. The van der Waals surface area contributed by atoms with Crippen molar-refractivity contribution >= 4 is 11.6 Å². The van der Waals surface area contributed by atoms with Crippen LogP contribution in [0.15, 0.2) is 53.7 Å². The van der Waals surface area contributed by atoms with Crippen LogP contribution in [-0.4, -0.2) is 25.7 Å². The number of H-pyrrole nitrogens is 2. The predicted octanol–water partition coefficient (Wildman–Crippen LogP) is 1.20. The third-order valence-corrected chi connectivity index (χ3v) is 3.04. The van der Waals surface area contributed by atoms with Crippen LogP contribution in [0.3, 0.4) is 0 Å². The third kappa shape index (κ3) is 2.76. The van der Waals surface area contributed by atoms with Crippen LogP contribution in [0.2, 0.25) is 0 Å². The van der Waals surface area contributed by atoms with Crippen LogP contribution in [0.5, 0.6) is 0 Å². The van der Waals surface area contributed by atoms with E-state index in [1.807, 2.05) is 30.3 Å². The van der Waals surface area contributed by atoms with Gasteiger partial charge < -0.3 is 10.3 Å². The lowest BCUT2D eigenvalue weighted by molar-refractivity contribution is 0.101. The van der Waals surface area contributed by atoms with Crippen molar-refractivity contribution in [2.45, 2.75) is 6.54 Å². The number of nitrogens with one attached hydrogen (secondary N) is 3. The lowest BCUT2D eigenvalue weighted by atomic mass is 10.2. The molecule has 7 heteroatoms. The summed E-state index contributed by atoms with van der Waals surface area (Å²) in [6.07, 6.45) is 4.45. The first kappa shape index (κ1) is 12.9. The first-order valence-electron chi connectivity index (χ1n) is 6.36. The van der Waals surface area contributed by atoms with Crippen molar-refractivity contribution in [1.29, 1.82) is 0 Å². The Labute approximate surface area is 119 Å². The zero-order chi connectivity index (χ0) is 14.7. The average molecular weight is 283 g/mol. The summed E-state index contributed by atoms with van der Waals surface area (Å²) < 4.78 is 1.39. The molecular weight excluding hydrogens is 270 g/mol. The molecule has 2 aromatic heterocycles. The maximum atomic E-state index is 12.2. The Bertz CT molecular complexity index is 786. The molecule has 2 heterocycles. The van der Waals surface area contributed by atoms with Crippen molar-refractivity contribution in [2.75, 3.05) is 5.32 Å². The highest BCUT2D eigenvalue weighted by Gasteiger charge is 2.15. The van der Waals surface area contributed by atoms with E-state index in [4.69, 9.17) is 0 Å². The molecule has 1 amide bonds. The Hall–Kier alpha value is -3.09. The van der Waals surface area contributed by atoms with Crippen LogP contribution in [0, 0.1) is 0 Å². The highest BCUT2D eigenvalue weighted by atomic mass is 16.2. The molecule has 0 aliphatic rings. The molecule has 3 rings (SSSR count). The van der Waals surface area contributed by atoms with Gasteiger partial charge in [0.15, 0.2) is 0 Å². The maximum Gasteiger partial charge on any atom is 0.326 e. The molecule has 0 aliphatic carbocycles. The largest absolute Gasteiger partial charge is 0.326 e. The number of carbonyl (C=O) groups excluding carboxylic acids is 1. The third-order valence-electron chi connectivity index (χ3n) is 3.04. The first-order chi connectivity index (χ1) is 10.2. The number of amides is 1. The number of aromatic amines is 2. The van der Waals surface area contributed by atoms with E-state index in [1.165, 1.54) is 17.0 Å². The molecule has 0 bridgehead atoms. The number of anilines is 1. The quantitative estimate of drug-likeness (QED) is 0.671. The van der Waals surface area contributed by atoms with Gasteiger partial charge in [0.1, 0.15) is 5.69 Å². The van der Waals surface area contributed by atoms with Gasteiger partial charge in [-0.1, -0.05) is 30.3 Å². The second-order valence-electron chi connectivity index (χ2n) is 4.49. The molecular formula is C14H13N5O2. The number of aromatic nitrogens is 4. The summed E-state index contributed by atoms with van der Waals surface area (Å²) in [6.45, 7) is 0.331. The summed E-state index contributed by atoms with van der Waals surface area (Å²) in [6, 6.07) is 9.47. The van der Waals surface area contributed by atoms with Crippen LogP contribution in [0.4, 0.5) is 5.69 Å². The summed E-state index contributed by atoms with van der Waals surface area (Å²) in [5.41, 5.74) is 1.43. The van der Waals surface area contributed by atoms with E-state index >= 15 is 0 Å². The number of benzene rings is 1. The Morgan fingerprint density at radius 1 is 1.24 bits per heavy atom. The van der Waals surface area contributed by atoms with E-state index < -0.39 is 0 Å². The highest BCUT2D eigenvalue weighted by molar-refractivity contribution is 6.02. The molecule has 7 nitrogen and oxygen atoms in total. The van der Waals surface area contributed by atoms with Crippen LogP contribution in [0.25, 0.3) is 0 Å². The molecule has 0 atom stereocenters. The molecule has 0 radical (unpaired) electrons. The van der Waals surface area contributed by atoms with Gasteiger partial charge in [-0.25, -0.2) is 4.79 Å². The van der Waals surface area contributed by atoms with E-state index in [0.717, 1.165) is 5.56 Å². The summed E-state index contributed by atoms with van der Waals surface area (Å²) in [4.78, 5) is 26.6. The lowest BCUT2D eigenvalue weighted by Crippen LogP contribution is -2.24. The molecule has 0 fully saturated rings. The number of nitrogens with zero attached hydrogens (tertiary/aromatic N) is 2. The zero-order valence-electron chi connectivity index (χ0n) is 11.0. The fourth-order valence-corrected chi connectivity index (χ4v) is 2.02. The molecule has 0 unspecified atom stereocenters. The van der Waals surface area contributed by atoms with E-state index in [0.29, 0.717) is 12.2 Å². The molecule has 0 saturated carbocycles. The number of carbonyl (C=O) groups is 1. The minimum Gasteiger partial charge on any atom is -0.318 e. The van der Waals surface area contributed by atoms with Gasteiger partial charge in [-0.2, -0.15) is 5.10 Å². The molecule has 3 aromatic rings. The monoisotopic (exact) mass is 283 g/mol. The predicted molar refractivity (Wildman–Crippen MR) is 77.1 cm³/mol. The van der Waals surface area contributed by atoms with Crippen molar-refractivity contribution in [2.24, 2.45) is 0 Å². The molecule has 106 valence electrons.